The van der Waals surface area contributed by atoms with E-state index in [0.29, 0.717) is 12.0 Å². The van der Waals surface area contributed by atoms with Crippen molar-refractivity contribution in [1.29, 1.82) is 0 Å². The first kappa shape index (κ1) is 16.5. The van der Waals surface area contributed by atoms with Crippen LogP contribution in [0, 0.1) is 11.6 Å². The van der Waals surface area contributed by atoms with Crippen molar-refractivity contribution in [2.24, 2.45) is 0 Å². The molecule has 3 rings (SSSR count). The molecule has 0 saturated heterocycles. The molecule has 0 heterocycles. The molecule has 1 aliphatic rings. The van der Waals surface area contributed by atoms with Crippen LogP contribution in [-0.4, -0.2) is 10.2 Å². The smallest absolute Gasteiger partial charge is 0.187 e. The van der Waals surface area contributed by atoms with E-state index in [0.717, 1.165) is 48.0 Å². The third-order valence-corrected chi connectivity index (χ3v) is 4.52. The van der Waals surface area contributed by atoms with Crippen LogP contribution in [0.25, 0.3) is 11.1 Å². The van der Waals surface area contributed by atoms with Gasteiger partial charge in [-0.3, -0.25) is 0 Å². The lowest BCUT2D eigenvalue weighted by atomic mass is 9.89. The van der Waals surface area contributed by atoms with Gasteiger partial charge in [0.1, 0.15) is 5.75 Å². The van der Waals surface area contributed by atoms with E-state index >= 15 is 0 Å². The monoisotopic (exact) mass is 330 g/mol. The van der Waals surface area contributed by atoms with Crippen molar-refractivity contribution in [2.45, 2.75) is 39.0 Å². The summed E-state index contributed by atoms with van der Waals surface area (Å²) >= 11 is 0. The molecule has 0 radical (unpaired) electrons. The molecule has 126 valence electrons. The zero-order valence-electron chi connectivity index (χ0n) is 13.6. The molecule has 0 atom stereocenters. The second-order valence-electron chi connectivity index (χ2n) is 6.19. The molecule has 2 N–H and O–H groups in total. The highest BCUT2D eigenvalue weighted by Gasteiger charge is 2.20. The number of rotatable bonds is 3. The molecule has 0 aromatic heterocycles. The molecule has 0 spiro atoms. The lowest BCUT2D eigenvalue weighted by Gasteiger charge is -2.16. The maximum absolute atomic E-state index is 13.8. The van der Waals surface area contributed by atoms with Gasteiger partial charge in [0.2, 0.25) is 0 Å². The summed E-state index contributed by atoms with van der Waals surface area (Å²) in [5, 5.41) is 19.1. The molecule has 1 aliphatic carbocycles. The topological polar surface area (TPSA) is 40.5 Å². The predicted molar refractivity (Wildman–Crippen MR) is 90.8 cm³/mol. The lowest BCUT2D eigenvalue weighted by molar-refractivity contribution is 0.396. The summed E-state index contributed by atoms with van der Waals surface area (Å²) in [5.41, 5.74) is 4.56. The number of benzene rings is 2. The number of fused-ring (bicyclic) bond motifs is 1. The van der Waals surface area contributed by atoms with Crippen LogP contribution in [0.15, 0.2) is 30.3 Å². The van der Waals surface area contributed by atoms with Gasteiger partial charge in [0, 0.05) is 0 Å². The fourth-order valence-corrected chi connectivity index (χ4v) is 3.44. The second kappa shape index (κ2) is 6.63. The Labute approximate surface area is 140 Å². The zero-order chi connectivity index (χ0) is 17.3. The Bertz CT molecular complexity index is 786. The van der Waals surface area contributed by atoms with Crippen LogP contribution in [0.3, 0.4) is 0 Å². The molecule has 0 saturated carbocycles. The van der Waals surface area contributed by atoms with E-state index in [-0.39, 0.29) is 5.75 Å². The van der Waals surface area contributed by atoms with Gasteiger partial charge in [-0.15, -0.1) is 0 Å². The first-order chi connectivity index (χ1) is 11.5. The third-order valence-electron chi connectivity index (χ3n) is 4.52. The second-order valence-corrected chi connectivity index (χ2v) is 6.19. The summed E-state index contributed by atoms with van der Waals surface area (Å²) in [7, 11) is 0. The van der Waals surface area contributed by atoms with E-state index in [1.165, 1.54) is 12.1 Å². The quantitative estimate of drug-likeness (QED) is 0.788. The largest absolute Gasteiger partial charge is 0.508 e. The summed E-state index contributed by atoms with van der Waals surface area (Å²) in [6.45, 7) is 2.06. The molecule has 24 heavy (non-hydrogen) atoms. The van der Waals surface area contributed by atoms with E-state index in [9.17, 15) is 19.0 Å². The highest BCUT2D eigenvalue weighted by Crippen LogP contribution is 2.40. The number of hydrogen-bond acceptors (Lipinski definition) is 2. The Morgan fingerprint density at radius 2 is 1.71 bits per heavy atom. The summed E-state index contributed by atoms with van der Waals surface area (Å²) in [6, 6.07) is 7.71. The van der Waals surface area contributed by atoms with Gasteiger partial charge in [0.05, 0.1) is 0 Å². The van der Waals surface area contributed by atoms with Crippen molar-refractivity contribution < 1.29 is 19.0 Å². The Kier molecular flexibility index (Phi) is 4.56. The molecular weight excluding hydrogens is 310 g/mol. The van der Waals surface area contributed by atoms with Gasteiger partial charge >= 0.3 is 0 Å². The van der Waals surface area contributed by atoms with Gasteiger partial charge in [-0.2, -0.15) is 0 Å². The maximum atomic E-state index is 13.8. The molecule has 0 fully saturated rings. The standard InChI is InChI=1S/C20H20F2O2/c1-2-4-17-15(13-10-18(21)20(24)19(22)11-13)6-3-5-12-9-14(23)7-8-16(12)17/h7-11,23-24H,2-6H2,1H3. The molecule has 2 aromatic rings. The highest BCUT2D eigenvalue weighted by atomic mass is 19.1. The van der Waals surface area contributed by atoms with E-state index in [1.807, 2.05) is 6.07 Å². The SMILES string of the molecule is CCCC1=C(c2cc(F)c(O)c(F)c2)CCCc2cc(O)ccc21. The van der Waals surface area contributed by atoms with E-state index in [4.69, 9.17) is 0 Å². The number of hydrogen-bond donors (Lipinski definition) is 2. The van der Waals surface area contributed by atoms with Crippen molar-refractivity contribution in [3.63, 3.8) is 0 Å². The number of allylic oxidation sites excluding steroid dienone is 2. The fraction of sp³-hybridized carbons (Fsp3) is 0.300. The van der Waals surface area contributed by atoms with Crippen molar-refractivity contribution in [3.05, 3.63) is 58.7 Å². The molecule has 0 unspecified atom stereocenters. The highest BCUT2D eigenvalue weighted by molar-refractivity contribution is 5.92. The number of aryl methyl sites for hydroxylation is 1. The van der Waals surface area contributed by atoms with E-state index < -0.39 is 17.4 Å². The van der Waals surface area contributed by atoms with Crippen molar-refractivity contribution in [2.75, 3.05) is 0 Å². The molecule has 0 aliphatic heterocycles. The summed E-state index contributed by atoms with van der Waals surface area (Å²) < 4.78 is 27.6. The Morgan fingerprint density at radius 1 is 1.00 bits per heavy atom. The number of phenolic OH excluding ortho intramolecular Hbond substituents is 2. The van der Waals surface area contributed by atoms with Crippen LogP contribution in [-0.2, 0) is 6.42 Å². The Morgan fingerprint density at radius 3 is 2.38 bits per heavy atom. The van der Waals surface area contributed by atoms with E-state index in [1.54, 1.807) is 12.1 Å². The summed E-state index contributed by atoms with van der Waals surface area (Å²) in [6.07, 6.45) is 4.04. The van der Waals surface area contributed by atoms with Crippen LogP contribution < -0.4 is 0 Å². The van der Waals surface area contributed by atoms with Gasteiger partial charge in [0.15, 0.2) is 17.4 Å². The van der Waals surface area contributed by atoms with Crippen molar-refractivity contribution in [1.82, 2.24) is 0 Å². The van der Waals surface area contributed by atoms with Crippen molar-refractivity contribution >= 4 is 11.1 Å². The molecule has 4 heteroatoms. The average molecular weight is 330 g/mol. The first-order valence-electron chi connectivity index (χ1n) is 8.24. The van der Waals surface area contributed by atoms with Crippen molar-refractivity contribution in [3.8, 4) is 11.5 Å². The van der Waals surface area contributed by atoms with Crippen LogP contribution in [0.1, 0.15) is 49.3 Å². The minimum Gasteiger partial charge on any atom is -0.508 e. The minimum atomic E-state index is -0.941. The van der Waals surface area contributed by atoms with Crippen LogP contribution in [0.2, 0.25) is 0 Å². The maximum Gasteiger partial charge on any atom is 0.187 e. The minimum absolute atomic E-state index is 0.231. The molecule has 0 bridgehead atoms. The van der Waals surface area contributed by atoms with Crippen LogP contribution in [0.4, 0.5) is 8.78 Å². The van der Waals surface area contributed by atoms with Gasteiger partial charge in [0.25, 0.3) is 0 Å². The van der Waals surface area contributed by atoms with Crippen LogP contribution in [0.5, 0.6) is 11.5 Å². The first-order valence-corrected chi connectivity index (χ1v) is 8.24. The number of halogens is 2. The Balaban J connectivity index is 2.22. The molecule has 0 amide bonds. The van der Waals surface area contributed by atoms with Gasteiger partial charge in [-0.05, 0) is 77.8 Å². The average Bonchev–Trinajstić information content (AvgIpc) is 2.72. The van der Waals surface area contributed by atoms with Crippen LogP contribution >= 0.6 is 0 Å². The summed E-state index contributed by atoms with van der Waals surface area (Å²) in [4.78, 5) is 0. The number of phenols is 2. The van der Waals surface area contributed by atoms with Gasteiger partial charge in [-0.25, -0.2) is 8.78 Å². The molecule has 2 aromatic carbocycles. The normalized spacial score (nSPS) is 14.5. The molecule has 2 nitrogen and oxygen atoms in total. The predicted octanol–water partition coefficient (Wildman–Crippen LogP) is 5.42. The number of aromatic hydroxyl groups is 2. The zero-order valence-corrected chi connectivity index (χ0v) is 13.6. The van der Waals surface area contributed by atoms with Gasteiger partial charge < -0.3 is 10.2 Å². The lowest BCUT2D eigenvalue weighted by Crippen LogP contribution is -1.95. The summed E-state index contributed by atoms with van der Waals surface area (Å²) in [5.74, 6) is -2.59. The van der Waals surface area contributed by atoms with E-state index in [2.05, 4.69) is 6.92 Å². The Hall–Kier alpha value is -2.36. The third kappa shape index (κ3) is 3.01. The molecular formula is C20H20F2O2. The van der Waals surface area contributed by atoms with Gasteiger partial charge in [-0.1, -0.05) is 19.4 Å². The fourth-order valence-electron chi connectivity index (χ4n) is 3.44.